The summed E-state index contributed by atoms with van der Waals surface area (Å²) in [5.74, 6) is -0.0175. The van der Waals surface area contributed by atoms with Gasteiger partial charge in [0.25, 0.3) is 0 Å². The zero-order valence-electron chi connectivity index (χ0n) is 46.4. The monoisotopic (exact) mass is 962 g/mol. The number of nitrogens with one attached hydrogen (secondary N) is 1. The Hall–Kier alpha value is -1.14. The molecule has 6 nitrogen and oxygen atoms in total. The molecule has 0 aliphatic rings. The van der Waals surface area contributed by atoms with Crippen molar-refractivity contribution in [3.63, 3.8) is 0 Å². The lowest BCUT2D eigenvalue weighted by molar-refractivity contribution is -0.143. The molecule has 0 rings (SSSR count). The molecule has 2 atom stereocenters. The Labute approximate surface area is 426 Å². The van der Waals surface area contributed by atoms with Gasteiger partial charge in [0.05, 0.1) is 25.4 Å². The highest BCUT2D eigenvalue weighted by atomic mass is 16.5. The van der Waals surface area contributed by atoms with E-state index in [9.17, 15) is 19.8 Å². The van der Waals surface area contributed by atoms with E-state index in [1.165, 1.54) is 289 Å². The predicted octanol–water partition coefficient (Wildman–Crippen LogP) is 19.5. The van der Waals surface area contributed by atoms with Crippen molar-refractivity contribution < 1.29 is 24.5 Å². The third-order valence-electron chi connectivity index (χ3n) is 14.9. The molecule has 0 heterocycles. The van der Waals surface area contributed by atoms with Crippen LogP contribution in [0.15, 0.2) is 0 Å². The normalized spacial score (nSPS) is 12.5. The van der Waals surface area contributed by atoms with Crippen molar-refractivity contribution in [1.82, 2.24) is 5.32 Å². The summed E-state index contributed by atoms with van der Waals surface area (Å²) in [6.45, 7) is 4.98. The second kappa shape index (κ2) is 58.4. The van der Waals surface area contributed by atoms with E-state index in [-0.39, 0.29) is 18.5 Å². The van der Waals surface area contributed by atoms with Gasteiger partial charge in [-0.1, -0.05) is 322 Å². The average Bonchev–Trinajstić information content (AvgIpc) is 3.34. The molecule has 3 N–H and O–H groups in total. The molecule has 2 unspecified atom stereocenters. The molecule has 0 aliphatic heterocycles. The summed E-state index contributed by atoms with van der Waals surface area (Å²) >= 11 is 0. The van der Waals surface area contributed by atoms with Crippen molar-refractivity contribution in [3.8, 4) is 0 Å². The molecule has 406 valence electrons. The van der Waals surface area contributed by atoms with Crippen LogP contribution in [-0.4, -0.2) is 47.4 Å². The Bertz CT molecular complexity index is 975. The molecule has 6 heteroatoms. The second-order valence-corrected chi connectivity index (χ2v) is 21.8. The summed E-state index contributed by atoms with van der Waals surface area (Å²) in [6, 6.07) is -0.541. The summed E-state index contributed by atoms with van der Waals surface area (Å²) in [7, 11) is 0. The third kappa shape index (κ3) is 54.2. The Balaban J connectivity index is 3.37. The van der Waals surface area contributed by atoms with Crippen LogP contribution < -0.4 is 5.32 Å². The number of carbonyl (C=O) groups is 2. The molecule has 68 heavy (non-hydrogen) atoms. The number of aliphatic hydroxyl groups is 2. The summed E-state index contributed by atoms with van der Waals surface area (Å²) in [6.07, 6.45) is 68.2. The highest BCUT2D eigenvalue weighted by Crippen LogP contribution is 2.19. The van der Waals surface area contributed by atoms with E-state index in [1.54, 1.807) is 0 Å². The minimum absolute atomic E-state index is 0.0147. The van der Waals surface area contributed by atoms with E-state index in [2.05, 4.69) is 19.2 Å². The molecule has 0 aliphatic carbocycles. The van der Waals surface area contributed by atoms with Crippen LogP contribution >= 0.6 is 0 Å². The molecule has 0 aromatic rings. The molecular formula is C62H123NO5. The van der Waals surface area contributed by atoms with E-state index in [0.717, 1.165) is 38.5 Å². The van der Waals surface area contributed by atoms with Crippen LogP contribution in [0.2, 0.25) is 0 Å². The standard InChI is InChI=1S/C62H123NO5/c1-3-5-7-9-11-13-15-17-18-24-27-31-34-38-42-46-50-54-60(65)59(58-64)63-61(66)55-51-47-43-39-35-32-28-25-22-20-19-21-23-26-29-33-37-41-45-49-53-57-68-62(67)56-52-48-44-40-36-30-16-14-12-10-8-6-4-2/h59-60,64-65H,3-58H2,1-2H3,(H,63,66). The fraction of sp³-hybridized carbons (Fsp3) is 0.968. The summed E-state index contributed by atoms with van der Waals surface area (Å²) in [4.78, 5) is 24.5. The molecule has 0 aromatic carbocycles. The van der Waals surface area contributed by atoms with E-state index < -0.39 is 12.1 Å². The summed E-state index contributed by atoms with van der Waals surface area (Å²) in [5, 5.41) is 23.3. The molecule has 1 amide bonds. The summed E-state index contributed by atoms with van der Waals surface area (Å²) < 4.78 is 5.48. The molecular weight excluding hydrogens is 839 g/mol. The van der Waals surface area contributed by atoms with Crippen molar-refractivity contribution in [2.24, 2.45) is 0 Å². The minimum atomic E-state index is -0.664. The lowest BCUT2D eigenvalue weighted by Gasteiger charge is -2.22. The molecule has 0 aromatic heterocycles. The van der Waals surface area contributed by atoms with Gasteiger partial charge in [-0.15, -0.1) is 0 Å². The molecule has 0 saturated carbocycles. The highest BCUT2D eigenvalue weighted by Gasteiger charge is 2.20. The minimum Gasteiger partial charge on any atom is -0.466 e. The van der Waals surface area contributed by atoms with Gasteiger partial charge in [-0.3, -0.25) is 9.59 Å². The number of esters is 1. The van der Waals surface area contributed by atoms with Gasteiger partial charge < -0.3 is 20.3 Å². The number of hydrogen-bond acceptors (Lipinski definition) is 5. The van der Waals surface area contributed by atoms with Crippen LogP contribution in [0, 0.1) is 0 Å². The molecule has 0 bridgehead atoms. The molecule has 0 spiro atoms. The number of aliphatic hydroxyl groups excluding tert-OH is 2. The first kappa shape index (κ1) is 66.9. The number of rotatable bonds is 59. The van der Waals surface area contributed by atoms with Crippen LogP contribution in [0.4, 0.5) is 0 Å². The fourth-order valence-electron chi connectivity index (χ4n) is 10.1. The maximum Gasteiger partial charge on any atom is 0.305 e. The van der Waals surface area contributed by atoms with Crippen molar-refractivity contribution in [2.45, 2.75) is 373 Å². The number of ether oxygens (including phenoxy) is 1. The second-order valence-electron chi connectivity index (χ2n) is 21.8. The first-order chi connectivity index (χ1) is 33.5. The predicted molar refractivity (Wildman–Crippen MR) is 297 cm³/mol. The van der Waals surface area contributed by atoms with Crippen molar-refractivity contribution >= 4 is 11.9 Å². The number of unbranched alkanes of at least 4 members (excludes halogenated alkanes) is 48. The topological polar surface area (TPSA) is 95.9 Å². The van der Waals surface area contributed by atoms with Gasteiger partial charge in [-0.2, -0.15) is 0 Å². The van der Waals surface area contributed by atoms with Crippen LogP contribution in [0.3, 0.4) is 0 Å². The summed E-state index contributed by atoms with van der Waals surface area (Å²) in [5.41, 5.74) is 0. The molecule has 0 radical (unpaired) electrons. The highest BCUT2D eigenvalue weighted by molar-refractivity contribution is 5.76. The Morgan fingerprint density at radius 2 is 0.603 bits per heavy atom. The number of hydrogen-bond donors (Lipinski definition) is 3. The first-order valence-electron chi connectivity index (χ1n) is 31.3. The quantitative estimate of drug-likeness (QED) is 0.0417. The van der Waals surface area contributed by atoms with Crippen molar-refractivity contribution in [2.75, 3.05) is 13.2 Å². The Kier molecular flexibility index (Phi) is 57.5. The van der Waals surface area contributed by atoms with E-state index in [4.69, 9.17) is 4.74 Å². The van der Waals surface area contributed by atoms with Crippen LogP contribution in [-0.2, 0) is 14.3 Å². The smallest absolute Gasteiger partial charge is 0.305 e. The Morgan fingerprint density at radius 1 is 0.353 bits per heavy atom. The molecule has 0 saturated heterocycles. The fourth-order valence-corrected chi connectivity index (χ4v) is 10.1. The lowest BCUT2D eigenvalue weighted by atomic mass is 10.0. The van der Waals surface area contributed by atoms with Crippen LogP contribution in [0.5, 0.6) is 0 Å². The maximum absolute atomic E-state index is 12.5. The maximum atomic E-state index is 12.5. The van der Waals surface area contributed by atoms with Gasteiger partial charge in [0.1, 0.15) is 0 Å². The van der Waals surface area contributed by atoms with Gasteiger partial charge in [-0.05, 0) is 25.7 Å². The SMILES string of the molecule is CCCCCCCCCCCCCCCCCCCC(O)C(CO)NC(=O)CCCCCCCCCCCCCCCCCCCCCCCOC(=O)CCCCCCCCCCCCCCC. The number of amides is 1. The largest absolute Gasteiger partial charge is 0.466 e. The van der Waals surface area contributed by atoms with E-state index in [1.807, 2.05) is 0 Å². The first-order valence-corrected chi connectivity index (χ1v) is 31.3. The number of carbonyl (C=O) groups excluding carboxylic acids is 2. The third-order valence-corrected chi connectivity index (χ3v) is 14.9. The van der Waals surface area contributed by atoms with Gasteiger partial charge >= 0.3 is 5.97 Å². The molecule has 0 fully saturated rings. The van der Waals surface area contributed by atoms with Gasteiger partial charge in [0, 0.05) is 12.8 Å². The van der Waals surface area contributed by atoms with Crippen molar-refractivity contribution in [1.29, 1.82) is 0 Å². The van der Waals surface area contributed by atoms with Crippen LogP contribution in [0.25, 0.3) is 0 Å². The zero-order chi connectivity index (χ0) is 49.3. The van der Waals surface area contributed by atoms with E-state index >= 15 is 0 Å². The Morgan fingerprint density at radius 3 is 0.897 bits per heavy atom. The van der Waals surface area contributed by atoms with Crippen molar-refractivity contribution in [3.05, 3.63) is 0 Å². The average molecular weight is 963 g/mol. The van der Waals surface area contributed by atoms with Gasteiger partial charge in [0.15, 0.2) is 0 Å². The van der Waals surface area contributed by atoms with Gasteiger partial charge in [0.2, 0.25) is 5.91 Å². The zero-order valence-corrected chi connectivity index (χ0v) is 46.4. The lowest BCUT2D eigenvalue weighted by Crippen LogP contribution is -2.45. The van der Waals surface area contributed by atoms with E-state index in [0.29, 0.717) is 25.9 Å². The van der Waals surface area contributed by atoms with Gasteiger partial charge in [-0.25, -0.2) is 0 Å². The van der Waals surface area contributed by atoms with Crippen LogP contribution in [0.1, 0.15) is 361 Å².